The number of carbonyl (C=O) groups excluding carboxylic acids is 1. The molecule has 112 valence electrons. The normalized spacial score (nSPS) is 18.0. The molecule has 0 radical (unpaired) electrons. The molecule has 0 aromatic carbocycles. The Morgan fingerprint density at radius 2 is 2.33 bits per heavy atom. The number of pyridine rings is 1. The lowest BCUT2D eigenvalue weighted by Gasteiger charge is -2.11. The summed E-state index contributed by atoms with van der Waals surface area (Å²) in [6.07, 6.45) is 4.82. The van der Waals surface area contributed by atoms with Crippen molar-refractivity contribution in [1.29, 1.82) is 0 Å². The lowest BCUT2D eigenvalue weighted by molar-refractivity contribution is 0.111. The average Bonchev–Trinajstić information content (AvgIpc) is 3.15. The van der Waals surface area contributed by atoms with Gasteiger partial charge in [-0.2, -0.15) is 0 Å². The van der Waals surface area contributed by atoms with Crippen LogP contribution in [0.5, 0.6) is 0 Å². The maximum absolute atomic E-state index is 11.7. The van der Waals surface area contributed by atoms with E-state index in [0.717, 1.165) is 30.9 Å². The van der Waals surface area contributed by atoms with Gasteiger partial charge < -0.3 is 15.4 Å². The molecule has 7 nitrogen and oxygen atoms in total. The van der Waals surface area contributed by atoms with Gasteiger partial charge in [-0.3, -0.25) is 4.40 Å². The van der Waals surface area contributed by atoms with Crippen molar-refractivity contribution in [3.63, 3.8) is 0 Å². The molecule has 2 N–H and O–H groups in total. The molecule has 0 aliphatic carbocycles. The summed E-state index contributed by atoms with van der Waals surface area (Å²) < 4.78 is 7.37. The molecule has 1 aliphatic rings. The molecule has 0 bridgehead atoms. The van der Waals surface area contributed by atoms with Gasteiger partial charge in [-0.1, -0.05) is 6.07 Å². The van der Waals surface area contributed by atoms with E-state index in [1.165, 1.54) is 0 Å². The molecule has 3 heterocycles. The maximum Gasteiger partial charge on any atom is 0.314 e. The molecule has 1 atom stereocenters. The number of amides is 2. The van der Waals surface area contributed by atoms with Crippen LogP contribution in [0.1, 0.15) is 18.7 Å². The first-order chi connectivity index (χ1) is 10.3. The molecule has 1 fully saturated rings. The summed E-state index contributed by atoms with van der Waals surface area (Å²) in [5.41, 5.74) is 0.815. The molecule has 0 unspecified atom stereocenters. The molecule has 2 amide bonds. The lowest BCUT2D eigenvalue weighted by Crippen LogP contribution is -2.40. The standard InChI is InChI=1S/C14H19N5O2/c20-14(16-10-11-4-3-9-21-11)15-7-6-13-18-17-12-5-1-2-8-19(12)13/h1-2,5,8,11H,3-4,6-7,9-10H2,(H2,15,16,20)/t11-/m0/s1. The summed E-state index contributed by atoms with van der Waals surface area (Å²) in [6, 6.07) is 5.59. The van der Waals surface area contributed by atoms with Crippen molar-refractivity contribution in [1.82, 2.24) is 25.2 Å². The van der Waals surface area contributed by atoms with Gasteiger partial charge in [0.25, 0.3) is 0 Å². The highest BCUT2D eigenvalue weighted by atomic mass is 16.5. The zero-order valence-corrected chi connectivity index (χ0v) is 11.8. The third kappa shape index (κ3) is 3.49. The zero-order chi connectivity index (χ0) is 14.5. The zero-order valence-electron chi connectivity index (χ0n) is 11.8. The van der Waals surface area contributed by atoms with Crippen LogP contribution in [0.2, 0.25) is 0 Å². The van der Waals surface area contributed by atoms with Crippen molar-refractivity contribution in [2.75, 3.05) is 19.7 Å². The summed E-state index contributed by atoms with van der Waals surface area (Å²) in [5, 5.41) is 13.8. The summed E-state index contributed by atoms with van der Waals surface area (Å²) in [7, 11) is 0. The molecule has 7 heteroatoms. The molecule has 3 rings (SSSR count). The van der Waals surface area contributed by atoms with Gasteiger partial charge >= 0.3 is 6.03 Å². The number of aromatic nitrogens is 3. The summed E-state index contributed by atoms with van der Waals surface area (Å²) in [6.45, 7) is 1.89. The number of carbonyl (C=O) groups is 1. The summed E-state index contributed by atoms with van der Waals surface area (Å²) in [5.74, 6) is 0.838. The van der Waals surface area contributed by atoms with Crippen molar-refractivity contribution in [3.05, 3.63) is 30.2 Å². The Labute approximate surface area is 122 Å². The number of hydrogen-bond acceptors (Lipinski definition) is 4. The fourth-order valence-corrected chi connectivity index (χ4v) is 2.42. The van der Waals surface area contributed by atoms with Crippen LogP contribution in [0, 0.1) is 0 Å². The first-order valence-corrected chi connectivity index (χ1v) is 7.25. The minimum Gasteiger partial charge on any atom is -0.376 e. The molecular weight excluding hydrogens is 270 g/mol. The second-order valence-electron chi connectivity index (χ2n) is 5.07. The van der Waals surface area contributed by atoms with Crippen molar-refractivity contribution >= 4 is 11.7 Å². The van der Waals surface area contributed by atoms with E-state index < -0.39 is 0 Å². The van der Waals surface area contributed by atoms with E-state index in [1.54, 1.807) is 0 Å². The Morgan fingerprint density at radius 1 is 1.38 bits per heavy atom. The maximum atomic E-state index is 11.7. The molecular formula is C14H19N5O2. The number of rotatable bonds is 5. The molecule has 2 aromatic rings. The third-order valence-electron chi connectivity index (χ3n) is 3.53. The number of nitrogens with one attached hydrogen (secondary N) is 2. The van der Waals surface area contributed by atoms with Gasteiger partial charge in [0, 0.05) is 32.3 Å². The SMILES string of the molecule is O=C(NCCc1nnc2ccccn12)NC[C@@H]1CCCO1. The van der Waals surface area contributed by atoms with Crippen LogP contribution in [0.25, 0.3) is 5.65 Å². The molecule has 0 saturated carbocycles. The Balaban J connectivity index is 1.42. The van der Waals surface area contributed by atoms with Gasteiger partial charge in [-0.05, 0) is 25.0 Å². The predicted octanol–water partition coefficient (Wildman–Crippen LogP) is 0.750. The third-order valence-corrected chi connectivity index (χ3v) is 3.53. The van der Waals surface area contributed by atoms with Gasteiger partial charge in [-0.15, -0.1) is 10.2 Å². The Morgan fingerprint density at radius 3 is 3.19 bits per heavy atom. The molecule has 1 aliphatic heterocycles. The quantitative estimate of drug-likeness (QED) is 0.851. The fourth-order valence-electron chi connectivity index (χ4n) is 2.42. The van der Waals surface area contributed by atoms with Crippen LogP contribution >= 0.6 is 0 Å². The van der Waals surface area contributed by atoms with Crippen molar-refractivity contribution in [2.24, 2.45) is 0 Å². The molecule has 2 aromatic heterocycles. The highest BCUT2D eigenvalue weighted by Gasteiger charge is 2.15. The Bertz CT molecular complexity index is 606. The number of ether oxygens (including phenoxy) is 1. The minimum absolute atomic E-state index is 0.163. The second kappa shape index (κ2) is 6.53. The van der Waals surface area contributed by atoms with Gasteiger partial charge in [0.1, 0.15) is 5.82 Å². The fraction of sp³-hybridized carbons (Fsp3) is 0.500. The lowest BCUT2D eigenvalue weighted by atomic mass is 10.2. The van der Waals surface area contributed by atoms with E-state index in [4.69, 9.17) is 4.74 Å². The first-order valence-electron chi connectivity index (χ1n) is 7.25. The van der Waals surface area contributed by atoms with Crippen LogP contribution < -0.4 is 10.6 Å². The van der Waals surface area contributed by atoms with E-state index in [1.807, 2.05) is 28.8 Å². The number of fused-ring (bicyclic) bond motifs is 1. The number of hydrogen-bond donors (Lipinski definition) is 2. The molecule has 0 spiro atoms. The topological polar surface area (TPSA) is 80.6 Å². The van der Waals surface area contributed by atoms with Crippen LogP contribution in [-0.2, 0) is 11.2 Å². The summed E-state index contributed by atoms with van der Waals surface area (Å²) >= 11 is 0. The van der Waals surface area contributed by atoms with Crippen molar-refractivity contribution < 1.29 is 9.53 Å². The van der Waals surface area contributed by atoms with E-state index in [9.17, 15) is 4.79 Å². The Hall–Kier alpha value is -2.15. The van der Waals surface area contributed by atoms with E-state index in [-0.39, 0.29) is 12.1 Å². The molecule has 1 saturated heterocycles. The monoisotopic (exact) mass is 289 g/mol. The van der Waals surface area contributed by atoms with Gasteiger partial charge in [-0.25, -0.2) is 4.79 Å². The average molecular weight is 289 g/mol. The van der Waals surface area contributed by atoms with E-state index >= 15 is 0 Å². The minimum atomic E-state index is -0.167. The second-order valence-corrected chi connectivity index (χ2v) is 5.07. The van der Waals surface area contributed by atoms with Crippen molar-refractivity contribution in [2.45, 2.75) is 25.4 Å². The predicted molar refractivity (Wildman–Crippen MR) is 77.1 cm³/mol. The van der Waals surface area contributed by atoms with Gasteiger partial charge in [0.2, 0.25) is 0 Å². The van der Waals surface area contributed by atoms with Crippen LogP contribution in [-0.4, -0.2) is 46.4 Å². The van der Waals surface area contributed by atoms with Gasteiger partial charge in [0.05, 0.1) is 6.10 Å². The summed E-state index contributed by atoms with van der Waals surface area (Å²) in [4.78, 5) is 11.7. The van der Waals surface area contributed by atoms with Crippen LogP contribution in [0.4, 0.5) is 4.79 Å². The highest BCUT2D eigenvalue weighted by molar-refractivity contribution is 5.73. The highest BCUT2D eigenvalue weighted by Crippen LogP contribution is 2.10. The first kappa shape index (κ1) is 13.8. The number of nitrogens with zero attached hydrogens (tertiary/aromatic N) is 3. The van der Waals surface area contributed by atoms with E-state index in [2.05, 4.69) is 20.8 Å². The van der Waals surface area contributed by atoms with E-state index in [0.29, 0.717) is 19.5 Å². The smallest absolute Gasteiger partial charge is 0.314 e. The number of urea groups is 1. The molecule has 21 heavy (non-hydrogen) atoms. The largest absolute Gasteiger partial charge is 0.376 e. The Kier molecular flexibility index (Phi) is 4.30. The van der Waals surface area contributed by atoms with Crippen LogP contribution in [0.15, 0.2) is 24.4 Å². The van der Waals surface area contributed by atoms with Gasteiger partial charge in [0.15, 0.2) is 5.65 Å². The van der Waals surface area contributed by atoms with Crippen molar-refractivity contribution in [3.8, 4) is 0 Å². The van der Waals surface area contributed by atoms with Crippen LogP contribution in [0.3, 0.4) is 0 Å².